The first-order valence-corrected chi connectivity index (χ1v) is 13.3. The zero-order valence-corrected chi connectivity index (χ0v) is 22.2. The predicted molar refractivity (Wildman–Crippen MR) is 146 cm³/mol. The third kappa shape index (κ3) is 5.05. The molecule has 2 aromatic carbocycles. The lowest BCUT2D eigenvalue weighted by Gasteiger charge is -2.38. The maximum Gasteiger partial charge on any atom is 0.264 e. The van der Waals surface area contributed by atoms with E-state index in [-0.39, 0.29) is 24.1 Å². The van der Waals surface area contributed by atoms with E-state index >= 15 is 0 Å². The van der Waals surface area contributed by atoms with E-state index in [1.165, 1.54) is 17.1 Å². The maximum absolute atomic E-state index is 13.2. The number of aryl methyl sites for hydroxylation is 1. The number of aliphatic hydroxyl groups is 1. The van der Waals surface area contributed by atoms with Gasteiger partial charge in [0.2, 0.25) is 0 Å². The fraction of sp³-hybridized carbons (Fsp3) is 0.379. The minimum Gasteiger partial charge on any atom is -0.488 e. The van der Waals surface area contributed by atoms with Gasteiger partial charge in [-0.2, -0.15) is 5.10 Å². The molecular formula is C29H32N6O4. The molecule has 4 aromatic rings. The number of nitrogens with zero attached hydrogens (tertiary/aromatic N) is 6. The van der Waals surface area contributed by atoms with Crippen LogP contribution in [0.15, 0.2) is 65.8 Å². The van der Waals surface area contributed by atoms with Crippen LogP contribution in [0.5, 0.6) is 5.75 Å². The van der Waals surface area contributed by atoms with Crippen LogP contribution in [0.4, 0.5) is 0 Å². The minimum absolute atomic E-state index is 0.0734. The molecular weight excluding hydrogens is 496 g/mol. The van der Waals surface area contributed by atoms with Crippen molar-refractivity contribution in [3.63, 3.8) is 0 Å². The molecule has 6 rings (SSSR count). The number of carbonyl (C=O) groups is 1. The lowest BCUT2D eigenvalue weighted by Crippen LogP contribution is -2.51. The standard InChI is InChI=1S/C29H32N6O4/c1-20-3-7-22(8-4-20)35-26-25(15-31-35)28(37)34(19-30-26)18-29(38)11-13-33(14-12-29)27(36)21-5-9-23(10-6-21)39-24-16-32(2)17-24/h3-10,15,19,24,38H,11-14,16-18H2,1-2H3. The number of aromatic nitrogens is 4. The Morgan fingerprint density at radius 2 is 1.77 bits per heavy atom. The number of rotatable bonds is 6. The van der Waals surface area contributed by atoms with Gasteiger partial charge < -0.3 is 14.7 Å². The Hall–Kier alpha value is -4.02. The molecule has 2 fully saturated rings. The van der Waals surface area contributed by atoms with E-state index in [9.17, 15) is 14.7 Å². The van der Waals surface area contributed by atoms with E-state index in [0.29, 0.717) is 42.5 Å². The molecule has 39 heavy (non-hydrogen) atoms. The summed E-state index contributed by atoms with van der Waals surface area (Å²) in [7, 11) is 2.05. The molecule has 0 radical (unpaired) electrons. The predicted octanol–water partition coefficient (Wildman–Crippen LogP) is 2.25. The molecule has 0 saturated carbocycles. The molecule has 0 spiro atoms. The van der Waals surface area contributed by atoms with Crippen LogP contribution in [0, 0.1) is 6.92 Å². The van der Waals surface area contributed by atoms with Gasteiger partial charge >= 0.3 is 0 Å². The second kappa shape index (κ2) is 9.94. The molecule has 0 bridgehead atoms. The zero-order valence-electron chi connectivity index (χ0n) is 22.2. The quantitative estimate of drug-likeness (QED) is 0.409. The molecule has 0 atom stereocenters. The number of amides is 1. The molecule has 202 valence electrons. The van der Waals surface area contributed by atoms with Gasteiger partial charge in [0.25, 0.3) is 11.5 Å². The summed E-state index contributed by atoms with van der Waals surface area (Å²) in [6.45, 7) is 4.73. The molecule has 2 saturated heterocycles. The number of likely N-dealkylation sites (tertiary alicyclic amines) is 2. The highest BCUT2D eigenvalue weighted by atomic mass is 16.5. The molecule has 0 unspecified atom stereocenters. The third-order valence-corrected chi connectivity index (χ3v) is 7.71. The first kappa shape index (κ1) is 25.3. The summed E-state index contributed by atoms with van der Waals surface area (Å²) in [6.07, 6.45) is 3.92. The van der Waals surface area contributed by atoms with Crippen LogP contribution < -0.4 is 10.3 Å². The Bertz CT molecular complexity index is 1550. The van der Waals surface area contributed by atoms with Crippen molar-refractivity contribution in [2.75, 3.05) is 33.2 Å². The van der Waals surface area contributed by atoms with Crippen molar-refractivity contribution in [1.82, 2.24) is 29.1 Å². The van der Waals surface area contributed by atoms with Gasteiger partial charge in [0.1, 0.15) is 23.6 Å². The summed E-state index contributed by atoms with van der Waals surface area (Å²) < 4.78 is 9.00. The van der Waals surface area contributed by atoms with E-state index in [0.717, 1.165) is 30.1 Å². The highest BCUT2D eigenvalue weighted by molar-refractivity contribution is 5.94. The number of hydrogen-bond acceptors (Lipinski definition) is 7. The van der Waals surface area contributed by atoms with Crippen LogP contribution in [0.1, 0.15) is 28.8 Å². The summed E-state index contributed by atoms with van der Waals surface area (Å²) in [4.78, 5) is 34.7. The van der Waals surface area contributed by atoms with Gasteiger partial charge in [0, 0.05) is 31.7 Å². The average molecular weight is 529 g/mol. The molecule has 2 aliphatic rings. The summed E-state index contributed by atoms with van der Waals surface area (Å²) in [5.41, 5.74) is 1.66. The Balaban J connectivity index is 1.10. The molecule has 1 amide bonds. The second-order valence-electron chi connectivity index (χ2n) is 10.8. The van der Waals surface area contributed by atoms with Crippen molar-refractivity contribution in [2.24, 2.45) is 0 Å². The lowest BCUT2D eigenvalue weighted by molar-refractivity contribution is -0.0299. The normalized spacial score (nSPS) is 17.8. The number of piperidine rings is 1. The van der Waals surface area contributed by atoms with Crippen molar-refractivity contribution < 1.29 is 14.6 Å². The molecule has 2 aliphatic heterocycles. The van der Waals surface area contributed by atoms with Gasteiger partial charge in [-0.3, -0.25) is 19.1 Å². The third-order valence-electron chi connectivity index (χ3n) is 7.71. The average Bonchev–Trinajstić information content (AvgIpc) is 3.35. The van der Waals surface area contributed by atoms with Gasteiger partial charge in [0.15, 0.2) is 5.65 Å². The SMILES string of the molecule is Cc1ccc(-n2ncc3c(=O)n(CC4(O)CCN(C(=O)c5ccc(OC6CN(C)C6)cc5)CC4)cnc32)cc1. The van der Waals surface area contributed by atoms with Crippen molar-refractivity contribution in [2.45, 2.75) is 38.0 Å². The molecule has 10 heteroatoms. The Labute approximate surface area is 226 Å². The lowest BCUT2D eigenvalue weighted by atomic mass is 9.91. The van der Waals surface area contributed by atoms with Gasteiger partial charge in [-0.05, 0) is 63.2 Å². The van der Waals surface area contributed by atoms with Crippen LogP contribution in [-0.2, 0) is 6.54 Å². The van der Waals surface area contributed by atoms with Gasteiger partial charge in [-0.25, -0.2) is 9.67 Å². The number of ether oxygens (including phenoxy) is 1. The number of likely N-dealkylation sites (N-methyl/N-ethyl adjacent to an activating group) is 1. The van der Waals surface area contributed by atoms with E-state index in [1.807, 2.05) is 43.3 Å². The van der Waals surface area contributed by atoms with Crippen LogP contribution in [0.25, 0.3) is 16.7 Å². The van der Waals surface area contributed by atoms with Gasteiger partial charge in [-0.1, -0.05) is 17.7 Å². The maximum atomic E-state index is 13.2. The van der Waals surface area contributed by atoms with Crippen molar-refractivity contribution in [3.05, 3.63) is 82.5 Å². The fourth-order valence-corrected chi connectivity index (χ4v) is 5.30. The summed E-state index contributed by atoms with van der Waals surface area (Å²) in [5.74, 6) is 0.689. The largest absolute Gasteiger partial charge is 0.488 e. The van der Waals surface area contributed by atoms with Crippen molar-refractivity contribution in [3.8, 4) is 11.4 Å². The Morgan fingerprint density at radius 3 is 2.44 bits per heavy atom. The van der Waals surface area contributed by atoms with Crippen LogP contribution in [-0.4, -0.2) is 85.1 Å². The number of carbonyl (C=O) groups excluding carboxylic acids is 1. The molecule has 4 heterocycles. The van der Waals surface area contributed by atoms with Gasteiger partial charge in [0.05, 0.1) is 24.0 Å². The Kier molecular flexibility index (Phi) is 6.44. The fourth-order valence-electron chi connectivity index (χ4n) is 5.30. The highest BCUT2D eigenvalue weighted by Gasteiger charge is 2.35. The summed E-state index contributed by atoms with van der Waals surface area (Å²) in [5, 5.41) is 16.1. The van der Waals surface area contributed by atoms with E-state index in [2.05, 4.69) is 22.0 Å². The van der Waals surface area contributed by atoms with Crippen LogP contribution in [0.3, 0.4) is 0 Å². The highest BCUT2D eigenvalue weighted by Crippen LogP contribution is 2.26. The number of fused-ring (bicyclic) bond motifs is 1. The van der Waals surface area contributed by atoms with E-state index in [1.54, 1.807) is 21.7 Å². The molecule has 1 N–H and O–H groups in total. The summed E-state index contributed by atoms with van der Waals surface area (Å²) in [6, 6.07) is 15.1. The van der Waals surface area contributed by atoms with Crippen LogP contribution >= 0.6 is 0 Å². The van der Waals surface area contributed by atoms with Crippen molar-refractivity contribution in [1.29, 1.82) is 0 Å². The first-order chi connectivity index (χ1) is 18.8. The van der Waals surface area contributed by atoms with Crippen molar-refractivity contribution >= 4 is 16.9 Å². The topological polar surface area (TPSA) is 106 Å². The second-order valence-corrected chi connectivity index (χ2v) is 10.8. The van der Waals surface area contributed by atoms with Gasteiger partial charge in [-0.15, -0.1) is 0 Å². The molecule has 0 aliphatic carbocycles. The van der Waals surface area contributed by atoms with Crippen LogP contribution in [0.2, 0.25) is 0 Å². The minimum atomic E-state index is -1.11. The first-order valence-electron chi connectivity index (χ1n) is 13.3. The smallest absolute Gasteiger partial charge is 0.264 e. The van der Waals surface area contributed by atoms with E-state index in [4.69, 9.17) is 4.74 Å². The Morgan fingerprint density at radius 1 is 1.08 bits per heavy atom. The summed E-state index contributed by atoms with van der Waals surface area (Å²) >= 11 is 0. The van der Waals surface area contributed by atoms with E-state index < -0.39 is 5.60 Å². The number of benzene rings is 2. The number of hydrogen-bond donors (Lipinski definition) is 1. The zero-order chi connectivity index (χ0) is 27.1. The molecule has 2 aromatic heterocycles. The molecule has 10 nitrogen and oxygen atoms in total. The monoisotopic (exact) mass is 528 g/mol.